The molecule has 2 heterocycles. The van der Waals surface area contributed by atoms with Crippen molar-refractivity contribution in [2.45, 2.75) is 32.9 Å². The summed E-state index contributed by atoms with van der Waals surface area (Å²) in [6, 6.07) is 3.51. The van der Waals surface area contributed by atoms with Gasteiger partial charge in [0.15, 0.2) is 0 Å². The van der Waals surface area contributed by atoms with Gasteiger partial charge in [0.25, 0.3) is 5.91 Å². The van der Waals surface area contributed by atoms with Crippen LogP contribution in [-0.2, 0) is 17.9 Å². The second-order valence-corrected chi connectivity index (χ2v) is 4.89. The number of rotatable bonds is 8. The lowest BCUT2D eigenvalue weighted by Gasteiger charge is -2.08. The molecule has 0 fully saturated rings. The topological polar surface area (TPSA) is 102 Å². The van der Waals surface area contributed by atoms with Crippen molar-refractivity contribution in [3.8, 4) is 0 Å². The Morgan fingerprint density at radius 1 is 1.18 bits per heavy atom. The number of hydrogen-bond donors (Lipinski definition) is 2. The van der Waals surface area contributed by atoms with E-state index >= 15 is 0 Å². The molecule has 2 N–H and O–H groups in total. The fraction of sp³-hybridized carbons (Fsp3) is 0.429. The fourth-order valence-corrected chi connectivity index (χ4v) is 2.06. The van der Waals surface area contributed by atoms with Crippen molar-refractivity contribution in [2.75, 3.05) is 6.54 Å². The summed E-state index contributed by atoms with van der Waals surface area (Å²) in [5.41, 5.74) is 1.45. The number of carboxylic acid groups (broad SMARTS) is 1. The second-order valence-electron chi connectivity index (χ2n) is 4.89. The molecule has 0 radical (unpaired) electrons. The number of nitrogens with one attached hydrogen (secondary N) is 1. The maximum absolute atomic E-state index is 12.1. The average Bonchev–Trinajstić information content (AvgIpc) is 3.10. The van der Waals surface area contributed by atoms with E-state index in [1.165, 1.54) is 10.9 Å². The van der Waals surface area contributed by atoms with Crippen molar-refractivity contribution < 1.29 is 14.7 Å². The molecule has 0 unspecified atom stereocenters. The Labute approximate surface area is 127 Å². The molecule has 0 aliphatic heterocycles. The van der Waals surface area contributed by atoms with Gasteiger partial charge in [-0.25, -0.2) is 0 Å². The van der Waals surface area contributed by atoms with Gasteiger partial charge in [0, 0.05) is 31.2 Å². The highest BCUT2D eigenvalue weighted by Crippen LogP contribution is 2.01. The van der Waals surface area contributed by atoms with Crippen LogP contribution in [0, 0.1) is 6.92 Å². The van der Waals surface area contributed by atoms with E-state index in [0.717, 1.165) is 18.7 Å². The van der Waals surface area contributed by atoms with Gasteiger partial charge in [-0.1, -0.05) is 0 Å². The van der Waals surface area contributed by atoms with Gasteiger partial charge in [-0.15, -0.1) is 0 Å². The third kappa shape index (κ3) is 4.18. The van der Waals surface area contributed by atoms with Crippen LogP contribution < -0.4 is 5.32 Å². The molecule has 1 amide bonds. The van der Waals surface area contributed by atoms with Crippen molar-refractivity contribution in [1.82, 2.24) is 24.9 Å². The Balaban J connectivity index is 1.79. The first-order chi connectivity index (χ1) is 10.6. The van der Waals surface area contributed by atoms with Gasteiger partial charge in [-0.2, -0.15) is 10.2 Å². The predicted octanol–water partition coefficient (Wildman–Crippen LogP) is 0.683. The molecule has 8 nitrogen and oxygen atoms in total. The molecule has 118 valence electrons. The number of carboxylic acids is 1. The molecule has 0 aliphatic carbocycles. The molecular weight excluding hydrogens is 286 g/mol. The zero-order chi connectivity index (χ0) is 15.9. The molecule has 0 spiro atoms. The van der Waals surface area contributed by atoms with Crippen LogP contribution in [0.4, 0.5) is 0 Å². The fourth-order valence-electron chi connectivity index (χ4n) is 2.06. The van der Waals surface area contributed by atoms with Crippen LogP contribution in [0.25, 0.3) is 0 Å². The lowest BCUT2D eigenvalue weighted by Crippen LogP contribution is -2.28. The number of hydrogen-bond acceptors (Lipinski definition) is 4. The van der Waals surface area contributed by atoms with Crippen LogP contribution in [0.3, 0.4) is 0 Å². The third-order valence-electron chi connectivity index (χ3n) is 3.25. The number of carbonyl (C=O) groups is 2. The maximum atomic E-state index is 12.1. The van der Waals surface area contributed by atoms with E-state index in [1.54, 1.807) is 12.3 Å². The van der Waals surface area contributed by atoms with E-state index in [2.05, 4.69) is 15.5 Å². The van der Waals surface area contributed by atoms with Crippen molar-refractivity contribution >= 4 is 11.9 Å². The van der Waals surface area contributed by atoms with Crippen LogP contribution in [0.15, 0.2) is 24.5 Å². The minimum Gasteiger partial charge on any atom is -0.481 e. The summed E-state index contributed by atoms with van der Waals surface area (Å²) < 4.78 is 3.28. The summed E-state index contributed by atoms with van der Waals surface area (Å²) in [7, 11) is 0. The summed E-state index contributed by atoms with van der Waals surface area (Å²) in [5, 5.41) is 19.6. The van der Waals surface area contributed by atoms with Gasteiger partial charge in [0.05, 0.1) is 13.0 Å². The number of carbonyl (C=O) groups excluding carboxylic acids is 1. The van der Waals surface area contributed by atoms with Crippen LogP contribution in [0.1, 0.15) is 29.0 Å². The number of aryl methyl sites for hydroxylation is 3. The molecule has 0 saturated heterocycles. The highest BCUT2D eigenvalue weighted by Gasteiger charge is 2.12. The molecule has 0 bridgehead atoms. The molecule has 2 aromatic heterocycles. The Morgan fingerprint density at radius 3 is 2.59 bits per heavy atom. The first kappa shape index (κ1) is 15.7. The van der Waals surface area contributed by atoms with E-state index in [1.807, 2.05) is 17.7 Å². The van der Waals surface area contributed by atoms with E-state index < -0.39 is 5.97 Å². The first-order valence-corrected chi connectivity index (χ1v) is 7.08. The molecule has 2 rings (SSSR count). The highest BCUT2D eigenvalue weighted by molar-refractivity contribution is 5.92. The summed E-state index contributed by atoms with van der Waals surface area (Å²) >= 11 is 0. The normalized spacial score (nSPS) is 10.6. The lowest BCUT2D eigenvalue weighted by atomic mass is 10.3. The van der Waals surface area contributed by atoms with E-state index in [9.17, 15) is 9.59 Å². The van der Waals surface area contributed by atoms with Crippen LogP contribution in [0.5, 0.6) is 0 Å². The van der Waals surface area contributed by atoms with Crippen molar-refractivity contribution in [2.24, 2.45) is 0 Å². The van der Waals surface area contributed by atoms with Crippen LogP contribution >= 0.6 is 0 Å². The Kier molecular flexibility index (Phi) is 5.29. The van der Waals surface area contributed by atoms with Gasteiger partial charge >= 0.3 is 5.97 Å². The number of amides is 1. The largest absolute Gasteiger partial charge is 0.481 e. The zero-order valence-electron chi connectivity index (χ0n) is 12.4. The predicted molar refractivity (Wildman–Crippen MR) is 78.4 cm³/mol. The van der Waals surface area contributed by atoms with Crippen LogP contribution in [0.2, 0.25) is 0 Å². The van der Waals surface area contributed by atoms with Crippen molar-refractivity contribution in [1.29, 1.82) is 0 Å². The summed E-state index contributed by atoms with van der Waals surface area (Å²) in [6.45, 7) is 3.41. The Bertz CT molecular complexity index is 646. The lowest BCUT2D eigenvalue weighted by molar-refractivity contribution is -0.137. The molecule has 22 heavy (non-hydrogen) atoms. The zero-order valence-corrected chi connectivity index (χ0v) is 12.4. The number of aliphatic carboxylic acids is 1. The minimum absolute atomic E-state index is 0.0689. The standard InChI is InChI=1S/C14H19N5O3/c1-11-3-7-16-18(11)9-2-6-15-14(22)12-4-8-17-19(12)10-5-13(20)21/h3-4,7-8H,2,5-6,9-10H2,1H3,(H,15,22)(H,20,21). The van der Waals surface area contributed by atoms with Crippen molar-refractivity contribution in [3.05, 3.63) is 35.9 Å². The monoisotopic (exact) mass is 305 g/mol. The van der Waals surface area contributed by atoms with E-state index in [4.69, 9.17) is 5.11 Å². The van der Waals surface area contributed by atoms with Gasteiger partial charge in [0.2, 0.25) is 0 Å². The third-order valence-corrected chi connectivity index (χ3v) is 3.25. The number of aromatic nitrogens is 4. The van der Waals surface area contributed by atoms with E-state index in [-0.39, 0.29) is 18.9 Å². The smallest absolute Gasteiger partial charge is 0.305 e. The molecule has 0 atom stereocenters. The minimum atomic E-state index is -0.920. The Morgan fingerprint density at radius 2 is 1.91 bits per heavy atom. The molecular formula is C14H19N5O3. The molecule has 0 saturated carbocycles. The molecule has 0 aliphatic rings. The molecule has 2 aromatic rings. The van der Waals surface area contributed by atoms with Gasteiger partial charge in [-0.05, 0) is 25.5 Å². The van der Waals surface area contributed by atoms with Gasteiger partial charge in [0.1, 0.15) is 5.69 Å². The highest BCUT2D eigenvalue weighted by atomic mass is 16.4. The summed E-state index contributed by atoms with van der Waals surface area (Å²) in [5.74, 6) is -1.17. The maximum Gasteiger partial charge on any atom is 0.305 e. The van der Waals surface area contributed by atoms with Gasteiger partial charge < -0.3 is 10.4 Å². The van der Waals surface area contributed by atoms with Crippen LogP contribution in [-0.4, -0.2) is 43.1 Å². The second kappa shape index (κ2) is 7.39. The molecule has 8 heteroatoms. The molecule has 0 aromatic carbocycles. The summed E-state index contributed by atoms with van der Waals surface area (Å²) in [6.07, 6.45) is 3.93. The summed E-state index contributed by atoms with van der Waals surface area (Å²) in [4.78, 5) is 22.6. The van der Waals surface area contributed by atoms with Crippen molar-refractivity contribution in [3.63, 3.8) is 0 Å². The SMILES string of the molecule is Cc1ccnn1CCCNC(=O)c1ccnn1CCC(=O)O. The Hall–Kier alpha value is -2.64. The number of nitrogens with zero attached hydrogens (tertiary/aromatic N) is 4. The van der Waals surface area contributed by atoms with Gasteiger partial charge in [-0.3, -0.25) is 19.0 Å². The van der Waals surface area contributed by atoms with E-state index in [0.29, 0.717) is 12.2 Å². The average molecular weight is 305 g/mol. The first-order valence-electron chi connectivity index (χ1n) is 7.08. The quantitative estimate of drug-likeness (QED) is 0.698.